The van der Waals surface area contributed by atoms with E-state index in [1.807, 2.05) is 38.2 Å². The number of nitrogens with zero attached hydrogens (tertiary/aromatic N) is 1. The molecule has 3 nitrogen and oxygen atoms in total. The van der Waals surface area contributed by atoms with Gasteiger partial charge in [0.1, 0.15) is 5.75 Å². The molecule has 0 aromatic heterocycles. The van der Waals surface area contributed by atoms with E-state index in [2.05, 4.69) is 0 Å². The van der Waals surface area contributed by atoms with E-state index >= 15 is 0 Å². The number of hydrogen-bond acceptors (Lipinski definition) is 2. The summed E-state index contributed by atoms with van der Waals surface area (Å²) in [6, 6.07) is 7.63. The number of thiocarbonyl (C=S) groups is 1. The third-order valence-corrected chi connectivity index (χ3v) is 2.14. The maximum Gasteiger partial charge on any atom is 0.170 e. The lowest BCUT2D eigenvalue weighted by Gasteiger charge is -2.16. The molecule has 0 saturated carbocycles. The Morgan fingerprint density at radius 1 is 1.43 bits per heavy atom. The molecule has 0 spiro atoms. The second-order valence-electron chi connectivity index (χ2n) is 2.82. The van der Waals surface area contributed by atoms with Crippen LogP contribution in [0.5, 0.6) is 5.75 Å². The molecule has 0 aliphatic heterocycles. The van der Waals surface area contributed by atoms with Crippen molar-refractivity contribution in [3.63, 3.8) is 0 Å². The Kier molecular flexibility index (Phi) is 3.71. The van der Waals surface area contributed by atoms with Gasteiger partial charge in [-0.25, -0.2) is 0 Å². The first-order valence-electron chi connectivity index (χ1n) is 4.41. The van der Waals surface area contributed by atoms with Gasteiger partial charge in [-0.15, -0.1) is 0 Å². The fraction of sp³-hybridized carbons (Fsp3) is 0.300. The first-order valence-corrected chi connectivity index (χ1v) is 4.82. The lowest BCUT2D eigenvalue weighted by atomic mass is 10.3. The number of rotatable bonds is 3. The first kappa shape index (κ1) is 10.8. The van der Waals surface area contributed by atoms with Gasteiger partial charge in [0.25, 0.3) is 0 Å². The Bertz CT molecular complexity index is 310. The first-order chi connectivity index (χ1) is 6.65. The molecule has 0 aliphatic carbocycles. The number of hydrogen-bond donors (Lipinski definition) is 1. The van der Waals surface area contributed by atoms with Crippen LogP contribution in [0.2, 0.25) is 0 Å². The molecule has 0 bridgehead atoms. The molecule has 1 aromatic carbocycles. The molecule has 0 saturated heterocycles. The van der Waals surface area contributed by atoms with Crippen LogP contribution in [0.1, 0.15) is 6.92 Å². The van der Waals surface area contributed by atoms with E-state index in [-0.39, 0.29) is 0 Å². The standard InChI is InChI=1S/C10H14N2OS/c1-3-13-9-6-4-8(5-7-9)12(2)10(11)14/h4-7H,3H2,1-2H3,(H2,11,14). The van der Waals surface area contributed by atoms with Crippen LogP contribution < -0.4 is 15.4 Å². The minimum Gasteiger partial charge on any atom is -0.494 e. The zero-order valence-corrected chi connectivity index (χ0v) is 9.17. The summed E-state index contributed by atoms with van der Waals surface area (Å²) in [5.41, 5.74) is 6.45. The molecule has 0 unspecified atom stereocenters. The van der Waals surface area contributed by atoms with Crippen molar-refractivity contribution in [2.24, 2.45) is 5.73 Å². The minimum atomic E-state index is 0.356. The summed E-state index contributed by atoms with van der Waals surface area (Å²) in [5.74, 6) is 0.854. The zero-order valence-electron chi connectivity index (χ0n) is 8.36. The summed E-state index contributed by atoms with van der Waals surface area (Å²) in [6.45, 7) is 2.62. The molecule has 2 N–H and O–H groups in total. The Morgan fingerprint density at radius 3 is 2.43 bits per heavy atom. The van der Waals surface area contributed by atoms with Crippen LogP contribution in [0.15, 0.2) is 24.3 Å². The fourth-order valence-corrected chi connectivity index (χ4v) is 1.17. The Hall–Kier alpha value is -1.29. The number of benzene rings is 1. The Balaban J connectivity index is 2.77. The maximum absolute atomic E-state index is 5.49. The van der Waals surface area contributed by atoms with Gasteiger partial charge in [0.2, 0.25) is 0 Å². The highest BCUT2D eigenvalue weighted by molar-refractivity contribution is 7.80. The van der Waals surface area contributed by atoms with E-state index in [0.29, 0.717) is 11.7 Å². The lowest BCUT2D eigenvalue weighted by Crippen LogP contribution is -2.31. The molecule has 4 heteroatoms. The Labute approximate surface area is 89.5 Å². The fourth-order valence-electron chi connectivity index (χ4n) is 1.06. The predicted molar refractivity (Wildman–Crippen MR) is 62.8 cm³/mol. The van der Waals surface area contributed by atoms with Gasteiger partial charge in [-0.1, -0.05) is 0 Å². The second-order valence-corrected chi connectivity index (χ2v) is 3.24. The van der Waals surface area contributed by atoms with Crippen LogP contribution in [-0.2, 0) is 0 Å². The van der Waals surface area contributed by atoms with E-state index in [4.69, 9.17) is 22.7 Å². The summed E-state index contributed by atoms with van der Waals surface area (Å²) in [5, 5.41) is 0.356. The highest BCUT2D eigenvalue weighted by Gasteiger charge is 2.02. The van der Waals surface area contributed by atoms with Crippen molar-refractivity contribution in [2.45, 2.75) is 6.92 Å². The van der Waals surface area contributed by atoms with Gasteiger partial charge < -0.3 is 15.4 Å². The highest BCUT2D eigenvalue weighted by atomic mass is 32.1. The smallest absolute Gasteiger partial charge is 0.170 e. The summed E-state index contributed by atoms with van der Waals surface area (Å²) in [6.07, 6.45) is 0. The molecular weight excluding hydrogens is 196 g/mol. The molecule has 0 heterocycles. The van der Waals surface area contributed by atoms with E-state index in [1.165, 1.54) is 0 Å². The molecule has 76 valence electrons. The number of ether oxygens (including phenoxy) is 1. The van der Waals surface area contributed by atoms with Crippen LogP contribution >= 0.6 is 12.2 Å². The van der Waals surface area contributed by atoms with Crippen molar-refractivity contribution in [3.05, 3.63) is 24.3 Å². The number of nitrogens with two attached hydrogens (primary N) is 1. The largest absolute Gasteiger partial charge is 0.494 e. The van der Waals surface area contributed by atoms with Crippen molar-refractivity contribution in [3.8, 4) is 5.75 Å². The molecule has 1 aromatic rings. The average molecular weight is 210 g/mol. The van der Waals surface area contributed by atoms with Crippen molar-refractivity contribution >= 4 is 23.0 Å². The van der Waals surface area contributed by atoms with Gasteiger partial charge in [-0.2, -0.15) is 0 Å². The molecule has 0 aliphatic rings. The van der Waals surface area contributed by atoms with Crippen LogP contribution in [0.25, 0.3) is 0 Å². The zero-order chi connectivity index (χ0) is 10.6. The third kappa shape index (κ3) is 2.60. The van der Waals surface area contributed by atoms with Gasteiger partial charge in [-0.05, 0) is 43.4 Å². The van der Waals surface area contributed by atoms with Gasteiger partial charge in [0.05, 0.1) is 6.61 Å². The van der Waals surface area contributed by atoms with Crippen molar-refractivity contribution in [1.82, 2.24) is 0 Å². The SMILES string of the molecule is CCOc1ccc(N(C)C(N)=S)cc1. The highest BCUT2D eigenvalue weighted by Crippen LogP contribution is 2.18. The maximum atomic E-state index is 5.49. The summed E-state index contributed by atoms with van der Waals surface area (Å²) < 4.78 is 5.32. The predicted octanol–water partition coefficient (Wildman–Crippen LogP) is 1.77. The topological polar surface area (TPSA) is 38.5 Å². The molecule has 0 fully saturated rings. The van der Waals surface area contributed by atoms with Crippen molar-refractivity contribution in [2.75, 3.05) is 18.6 Å². The molecule has 0 atom stereocenters. The molecular formula is C10H14N2OS. The quantitative estimate of drug-likeness (QED) is 0.772. The van der Waals surface area contributed by atoms with E-state index in [1.54, 1.807) is 4.90 Å². The van der Waals surface area contributed by atoms with Crippen molar-refractivity contribution in [1.29, 1.82) is 0 Å². The van der Waals surface area contributed by atoms with Crippen LogP contribution in [0.4, 0.5) is 5.69 Å². The molecule has 1 rings (SSSR count). The van der Waals surface area contributed by atoms with E-state index in [0.717, 1.165) is 11.4 Å². The summed E-state index contributed by atoms with van der Waals surface area (Å²) >= 11 is 4.86. The van der Waals surface area contributed by atoms with Crippen LogP contribution in [-0.4, -0.2) is 18.8 Å². The van der Waals surface area contributed by atoms with Gasteiger partial charge >= 0.3 is 0 Å². The Morgan fingerprint density at radius 2 is 2.00 bits per heavy atom. The molecule has 0 radical (unpaired) electrons. The second kappa shape index (κ2) is 4.81. The minimum absolute atomic E-state index is 0.356. The van der Waals surface area contributed by atoms with Gasteiger partial charge in [0, 0.05) is 12.7 Å². The van der Waals surface area contributed by atoms with E-state index in [9.17, 15) is 0 Å². The van der Waals surface area contributed by atoms with Gasteiger partial charge in [-0.3, -0.25) is 0 Å². The lowest BCUT2D eigenvalue weighted by molar-refractivity contribution is 0.340. The monoisotopic (exact) mass is 210 g/mol. The number of anilines is 1. The van der Waals surface area contributed by atoms with Gasteiger partial charge in [0.15, 0.2) is 5.11 Å². The molecule has 14 heavy (non-hydrogen) atoms. The average Bonchev–Trinajstić information content (AvgIpc) is 2.18. The molecule has 0 amide bonds. The van der Waals surface area contributed by atoms with E-state index < -0.39 is 0 Å². The third-order valence-electron chi connectivity index (χ3n) is 1.87. The van der Waals surface area contributed by atoms with Crippen molar-refractivity contribution < 1.29 is 4.74 Å². The summed E-state index contributed by atoms with van der Waals surface area (Å²) in [7, 11) is 1.83. The van der Waals surface area contributed by atoms with Crippen LogP contribution in [0.3, 0.4) is 0 Å². The van der Waals surface area contributed by atoms with Crippen LogP contribution in [0, 0.1) is 0 Å². The summed E-state index contributed by atoms with van der Waals surface area (Å²) in [4.78, 5) is 1.74. The normalized spacial score (nSPS) is 9.57.